The van der Waals surface area contributed by atoms with E-state index < -0.39 is 29.5 Å². The molecule has 0 saturated heterocycles. The van der Waals surface area contributed by atoms with Crippen molar-refractivity contribution in [2.75, 3.05) is 7.11 Å². The average molecular weight is 483 g/mol. The predicted molar refractivity (Wildman–Crippen MR) is 122 cm³/mol. The molecule has 0 unspecified atom stereocenters. The number of allylic oxidation sites excluding steroid dienone is 1. The van der Waals surface area contributed by atoms with Gasteiger partial charge in [0.05, 0.1) is 0 Å². The van der Waals surface area contributed by atoms with Crippen LogP contribution in [0.15, 0.2) is 54.1 Å². The summed E-state index contributed by atoms with van der Waals surface area (Å²) in [4.78, 5) is 24.9. The third-order valence-electron chi connectivity index (χ3n) is 6.23. The van der Waals surface area contributed by atoms with Crippen molar-refractivity contribution < 1.29 is 37.0 Å². The smallest absolute Gasteiger partial charge is 0.432 e. The zero-order valence-corrected chi connectivity index (χ0v) is 20.3. The predicted octanol–water partition coefficient (Wildman–Crippen LogP) is 6.04. The lowest BCUT2D eigenvalue weighted by atomic mass is 9.86. The first-order valence-electron chi connectivity index (χ1n) is 11.5. The Bertz CT molecular complexity index is 909. The van der Waals surface area contributed by atoms with Crippen molar-refractivity contribution in [2.24, 2.45) is 5.92 Å². The fourth-order valence-electron chi connectivity index (χ4n) is 4.11. The standard InChI is InChI=1S/C26H33F3O5/c1-6-19(16-24(8-3)17-20(7-2)22(30)34-24)15-14-18(4)33-23(31)25(32-5,26(27,28)29)21-12-10-9-11-13-21/h9-15,17-19H,6-8,16H2,1-5H3/b15-14+/t18-,19+,24-,25+/m1/s1. The molecule has 1 aliphatic heterocycles. The molecule has 188 valence electrons. The van der Waals surface area contributed by atoms with Gasteiger partial charge in [-0.2, -0.15) is 13.2 Å². The van der Waals surface area contributed by atoms with Crippen LogP contribution >= 0.6 is 0 Å². The van der Waals surface area contributed by atoms with Gasteiger partial charge in [0, 0.05) is 18.2 Å². The van der Waals surface area contributed by atoms with Crippen molar-refractivity contribution in [3.63, 3.8) is 0 Å². The molecule has 0 saturated carbocycles. The number of rotatable bonds is 11. The van der Waals surface area contributed by atoms with Crippen LogP contribution in [0, 0.1) is 5.92 Å². The highest BCUT2D eigenvalue weighted by Crippen LogP contribution is 2.43. The molecule has 1 aromatic rings. The van der Waals surface area contributed by atoms with Crippen LogP contribution in [0.5, 0.6) is 0 Å². The summed E-state index contributed by atoms with van der Waals surface area (Å²) in [5.74, 6) is -1.89. The topological polar surface area (TPSA) is 61.8 Å². The van der Waals surface area contributed by atoms with Gasteiger partial charge in [0.2, 0.25) is 0 Å². The zero-order valence-electron chi connectivity index (χ0n) is 20.3. The second-order valence-electron chi connectivity index (χ2n) is 8.45. The van der Waals surface area contributed by atoms with Gasteiger partial charge in [-0.3, -0.25) is 0 Å². The highest BCUT2D eigenvalue weighted by molar-refractivity contribution is 5.91. The third-order valence-corrected chi connectivity index (χ3v) is 6.23. The zero-order chi connectivity index (χ0) is 25.6. The van der Waals surface area contributed by atoms with E-state index in [1.54, 1.807) is 18.2 Å². The second-order valence-corrected chi connectivity index (χ2v) is 8.45. The van der Waals surface area contributed by atoms with Gasteiger partial charge in [-0.25, -0.2) is 9.59 Å². The number of hydrogen-bond acceptors (Lipinski definition) is 5. The number of alkyl halides is 3. The minimum atomic E-state index is -5.03. The lowest BCUT2D eigenvalue weighted by molar-refractivity contribution is -0.277. The van der Waals surface area contributed by atoms with Gasteiger partial charge in [-0.15, -0.1) is 0 Å². The van der Waals surface area contributed by atoms with Crippen molar-refractivity contribution in [3.05, 3.63) is 59.7 Å². The van der Waals surface area contributed by atoms with Gasteiger partial charge in [-0.1, -0.05) is 57.2 Å². The van der Waals surface area contributed by atoms with Crippen LogP contribution in [0.25, 0.3) is 0 Å². The van der Waals surface area contributed by atoms with Gasteiger partial charge in [0.25, 0.3) is 5.60 Å². The Morgan fingerprint density at radius 3 is 2.26 bits per heavy atom. The van der Waals surface area contributed by atoms with Crippen molar-refractivity contribution >= 4 is 11.9 Å². The Kier molecular flexibility index (Phi) is 9.11. The van der Waals surface area contributed by atoms with Crippen LogP contribution < -0.4 is 0 Å². The average Bonchev–Trinajstić information content (AvgIpc) is 3.12. The van der Waals surface area contributed by atoms with E-state index in [4.69, 9.17) is 14.2 Å². The number of hydrogen-bond donors (Lipinski definition) is 0. The number of ether oxygens (including phenoxy) is 3. The maximum absolute atomic E-state index is 14.0. The van der Waals surface area contributed by atoms with Crippen LogP contribution in [-0.4, -0.2) is 36.9 Å². The summed E-state index contributed by atoms with van der Waals surface area (Å²) < 4.78 is 57.7. The van der Waals surface area contributed by atoms with Gasteiger partial charge in [-0.05, 0) is 50.7 Å². The fraction of sp³-hybridized carbons (Fsp3) is 0.538. The molecule has 0 spiro atoms. The molecule has 0 aromatic heterocycles. The molecule has 0 bridgehead atoms. The van der Waals surface area contributed by atoms with E-state index in [1.165, 1.54) is 31.2 Å². The first-order chi connectivity index (χ1) is 16.0. The summed E-state index contributed by atoms with van der Waals surface area (Å²) in [5, 5.41) is 0. The summed E-state index contributed by atoms with van der Waals surface area (Å²) in [6, 6.07) is 6.70. The number of methoxy groups -OCH3 is 1. The maximum atomic E-state index is 14.0. The molecular weight excluding hydrogens is 449 g/mol. The van der Waals surface area contributed by atoms with Gasteiger partial charge < -0.3 is 14.2 Å². The SMILES string of the molecule is CCC1=C[C@@](CC)(C[C@H](/C=C/[C@@H](C)OC(=O)[C@@](OC)(c2ccccc2)C(F)(F)F)CC)OC1=O. The van der Waals surface area contributed by atoms with Crippen molar-refractivity contribution in [3.8, 4) is 0 Å². The van der Waals surface area contributed by atoms with Crippen LogP contribution in [0.1, 0.15) is 58.9 Å². The van der Waals surface area contributed by atoms with Crippen molar-refractivity contribution in [1.29, 1.82) is 0 Å². The molecule has 4 atom stereocenters. The molecule has 0 fully saturated rings. The van der Waals surface area contributed by atoms with Crippen molar-refractivity contribution in [1.82, 2.24) is 0 Å². The van der Waals surface area contributed by atoms with Crippen LogP contribution in [0.3, 0.4) is 0 Å². The van der Waals surface area contributed by atoms with Crippen LogP contribution in [0.2, 0.25) is 0 Å². The Balaban J connectivity index is 2.18. The molecule has 0 aliphatic carbocycles. The molecule has 0 radical (unpaired) electrons. The van der Waals surface area contributed by atoms with Crippen LogP contribution in [-0.2, 0) is 29.4 Å². The number of esters is 2. The molecule has 1 aromatic carbocycles. The van der Waals surface area contributed by atoms with E-state index in [0.29, 0.717) is 31.3 Å². The third kappa shape index (κ3) is 5.71. The van der Waals surface area contributed by atoms with E-state index >= 15 is 0 Å². The Labute approximate surface area is 199 Å². The number of halogens is 3. The van der Waals surface area contributed by atoms with Crippen molar-refractivity contribution in [2.45, 2.75) is 76.9 Å². The summed E-state index contributed by atoms with van der Waals surface area (Å²) in [5.41, 5.74) is -3.65. The summed E-state index contributed by atoms with van der Waals surface area (Å²) in [6.07, 6.45) is 1.70. The van der Waals surface area contributed by atoms with Gasteiger partial charge in [0.15, 0.2) is 0 Å². The van der Waals surface area contributed by atoms with E-state index in [9.17, 15) is 22.8 Å². The molecule has 1 aliphatic rings. The van der Waals surface area contributed by atoms with Gasteiger partial charge >= 0.3 is 18.1 Å². The first kappa shape index (κ1) is 27.6. The highest BCUT2D eigenvalue weighted by atomic mass is 19.4. The lowest BCUT2D eigenvalue weighted by Gasteiger charge is -2.33. The molecule has 2 rings (SSSR count). The summed E-state index contributed by atoms with van der Waals surface area (Å²) in [7, 11) is 0.834. The summed E-state index contributed by atoms with van der Waals surface area (Å²) in [6.45, 7) is 7.28. The maximum Gasteiger partial charge on any atom is 0.432 e. The Morgan fingerprint density at radius 2 is 1.79 bits per heavy atom. The van der Waals surface area contributed by atoms with Gasteiger partial charge in [0.1, 0.15) is 11.7 Å². The normalized spacial score (nSPS) is 22.1. The molecule has 1 heterocycles. The highest BCUT2D eigenvalue weighted by Gasteiger charge is 2.64. The quantitative estimate of drug-likeness (QED) is 0.284. The Hall–Kier alpha value is -2.61. The molecule has 34 heavy (non-hydrogen) atoms. The van der Waals surface area contributed by atoms with E-state index in [2.05, 4.69) is 0 Å². The largest absolute Gasteiger partial charge is 0.456 e. The first-order valence-corrected chi connectivity index (χ1v) is 11.5. The monoisotopic (exact) mass is 482 g/mol. The van der Waals surface area contributed by atoms with E-state index in [1.807, 2.05) is 26.8 Å². The summed E-state index contributed by atoms with van der Waals surface area (Å²) >= 11 is 0. The number of benzene rings is 1. The lowest BCUT2D eigenvalue weighted by Crippen LogP contribution is -2.52. The molecule has 0 amide bonds. The van der Waals surface area contributed by atoms with E-state index in [0.717, 1.165) is 7.11 Å². The molecular formula is C26H33F3O5. The number of carbonyl (C=O) groups excluding carboxylic acids is 2. The second kappa shape index (κ2) is 11.2. The van der Waals surface area contributed by atoms with E-state index in [-0.39, 0.29) is 17.5 Å². The number of carbonyl (C=O) groups is 2. The number of cyclic esters (lactones) is 1. The van der Waals surface area contributed by atoms with Crippen LogP contribution in [0.4, 0.5) is 13.2 Å². The Morgan fingerprint density at radius 1 is 1.15 bits per heavy atom. The minimum Gasteiger partial charge on any atom is -0.456 e. The molecule has 5 nitrogen and oxygen atoms in total. The molecule has 0 N–H and O–H groups in total. The molecule has 8 heteroatoms. The fourth-order valence-corrected chi connectivity index (χ4v) is 4.11. The minimum absolute atomic E-state index is 0.0368.